The Balaban J connectivity index is 1.42. The lowest BCUT2D eigenvalue weighted by Gasteiger charge is -2.37. The SMILES string of the molecule is CC(c1nc2ccccc2o1)N1CCN(C(=O)c2ccc(Cl)cc2Cl)CC1. The minimum Gasteiger partial charge on any atom is -0.439 e. The highest BCUT2D eigenvalue weighted by Crippen LogP contribution is 2.26. The van der Waals surface area contributed by atoms with Crippen LogP contribution in [0.25, 0.3) is 11.1 Å². The van der Waals surface area contributed by atoms with Crippen LogP contribution in [0.3, 0.4) is 0 Å². The van der Waals surface area contributed by atoms with Gasteiger partial charge in [-0.05, 0) is 37.3 Å². The second-order valence-corrected chi connectivity index (χ2v) is 7.49. The van der Waals surface area contributed by atoms with Crippen molar-refractivity contribution in [3.05, 3.63) is 64.0 Å². The number of carbonyl (C=O) groups is 1. The molecule has 0 bridgehead atoms. The van der Waals surface area contributed by atoms with Gasteiger partial charge in [-0.15, -0.1) is 0 Å². The van der Waals surface area contributed by atoms with Crippen LogP contribution in [-0.2, 0) is 0 Å². The normalized spacial score (nSPS) is 16.6. The summed E-state index contributed by atoms with van der Waals surface area (Å²) in [5.41, 5.74) is 2.15. The first-order valence-electron chi connectivity index (χ1n) is 8.87. The van der Waals surface area contributed by atoms with E-state index in [0.29, 0.717) is 34.6 Å². The molecule has 3 aromatic rings. The van der Waals surface area contributed by atoms with Crippen LogP contribution in [0.15, 0.2) is 46.9 Å². The Bertz CT molecular complexity index is 947. The van der Waals surface area contributed by atoms with Crippen LogP contribution >= 0.6 is 23.2 Å². The minimum absolute atomic E-state index is 0.0498. The van der Waals surface area contributed by atoms with Crippen LogP contribution in [0.5, 0.6) is 0 Å². The average Bonchev–Trinajstić information content (AvgIpc) is 3.11. The van der Waals surface area contributed by atoms with Crippen molar-refractivity contribution >= 4 is 40.2 Å². The van der Waals surface area contributed by atoms with Gasteiger partial charge >= 0.3 is 0 Å². The van der Waals surface area contributed by atoms with Crippen LogP contribution < -0.4 is 0 Å². The number of aromatic nitrogens is 1. The first-order chi connectivity index (χ1) is 13.0. The molecule has 1 aliphatic rings. The first-order valence-corrected chi connectivity index (χ1v) is 9.62. The van der Waals surface area contributed by atoms with Crippen molar-refractivity contribution in [1.29, 1.82) is 0 Å². The van der Waals surface area contributed by atoms with Gasteiger partial charge in [-0.1, -0.05) is 35.3 Å². The summed E-state index contributed by atoms with van der Waals surface area (Å²) in [6.45, 7) is 4.83. The second kappa shape index (κ2) is 7.50. The van der Waals surface area contributed by atoms with E-state index >= 15 is 0 Å². The highest BCUT2D eigenvalue weighted by Gasteiger charge is 2.28. The molecule has 27 heavy (non-hydrogen) atoms. The molecule has 0 spiro atoms. The van der Waals surface area contributed by atoms with Gasteiger partial charge < -0.3 is 9.32 Å². The Morgan fingerprint density at radius 2 is 1.85 bits per heavy atom. The monoisotopic (exact) mass is 403 g/mol. The van der Waals surface area contributed by atoms with E-state index in [1.165, 1.54) is 0 Å². The number of nitrogens with zero attached hydrogens (tertiary/aromatic N) is 3. The third kappa shape index (κ3) is 3.68. The largest absolute Gasteiger partial charge is 0.439 e. The topological polar surface area (TPSA) is 49.6 Å². The van der Waals surface area contributed by atoms with Crippen molar-refractivity contribution in [3.8, 4) is 0 Å². The zero-order valence-electron chi connectivity index (χ0n) is 14.9. The quantitative estimate of drug-likeness (QED) is 0.638. The fraction of sp³-hybridized carbons (Fsp3) is 0.300. The second-order valence-electron chi connectivity index (χ2n) is 6.65. The molecule has 1 fully saturated rings. The molecule has 2 aromatic carbocycles. The fourth-order valence-corrected chi connectivity index (χ4v) is 3.86. The molecule has 1 aliphatic heterocycles. The van der Waals surface area contributed by atoms with Crippen molar-refractivity contribution in [2.45, 2.75) is 13.0 Å². The number of oxazole rings is 1. The van der Waals surface area contributed by atoms with E-state index in [1.54, 1.807) is 18.2 Å². The molecule has 1 amide bonds. The van der Waals surface area contributed by atoms with Gasteiger partial charge in [0, 0.05) is 31.2 Å². The summed E-state index contributed by atoms with van der Waals surface area (Å²) in [7, 11) is 0. The summed E-state index contributed by atoms with van der Waals surface area (Å²) in [6, 6.07) is 12.8. The summed E-state index contributed by atoms with van der Waals surface area (Å²) in [5.74, 6) is 0.641. The molecule has 0 radical (unpaired) electrons. The van der Waals surface area contributed by atoms with Gasteiger partial charge in [0.1, 0.15) is 5.52 Å². The number of fused-ring (bicyclic) bond motifs is 1. The lowest BCUT2D eigenvalue weighted by atomic mass is 10.1. The highest BCUT2D eigenvalue weighted by molar-refractivity contribution is 6.36. The van der Waals surface area contributed by atoms with Gasteiger partial charge in [-0.2, -0.15) is 0 Å². The smallest absolute Gasteiger partial charge is 0.255 e. The van der Waals surface area contributed by atoms with E-state index in [-0.39, 0.29) is 11.9 Å². The van der Waals surface area contributed by atoms with E-state index in [4.69, 9.17) is 27.6 Å². The van der Waals surface area contributed by atoms with Gasteiger partial charge in [-0.3, -0.25) is 9.69 Å². The van der Waals surface area contributed by atoms with Crippen molar-refractivity contribution in [2.24, 2.45) is 0 Å². The first kappa shape index (κ1) is 18.3. The minimum atomic E-state index is -0.0640. The summed E-state index contributed by atoms with van der Waals surface area (Å²) in [6.07, 6.45) is 0. The van der Waals surface area contributed by atoms with E-state index in [2.05, 4.69) is 16.8 Å². The Kier molecular flexibility index (Phi) is 5.08. The third-order valence-corrected chi connectivity index (χ3v) is 5.53. The summed E-state index contributed by atoms with van der Waals surface area (Å²) in [5, 5.41) is 0.906. The van der Waals surface area contributed by atoms with E-state index in [1.807, 2.05) is 29.2 Å². The zero-order chi connectivity index (χ0) is 19.0. The molecule has 0 N–H and O–H groups in total. The number of hydrogen-bond donors (Lipinski definition) is 0. The maximum absolute atomic E-state index is 12.7. The van der Waals surface area contributed by atoms with Crippen molar-refractivity contribution in [2.75, 3.05) is 26.2 Å². The molecule has 1 atom stereocenters. The van der Waals surface area contributed by atoms with Crippen molar-refractivity contribution in [1.82, 2.24) is 14.8 Å². The van der Waals surface area contributed by atoms with Gasteiger partial charge in [-0.25, -0.2) is 4.98 Å². The Morgan fingerprint density at radius 1 is 1.11 bits per heavy atom. The Hall–Kier alpha value is -2.08. The Morgan fingerprint density at radius 3 is 2.56 bits per heavy atom. The molecule has 140 valence electrons. The predicted octanol–water partition coefficient (Wildman–Crippen LogP) is 4.65. The molecule has 0 aliphatic carbocycles. The lowest BCUT2D eigenvalue weighted by Crippen LogP contribution is -2.49. The maximum Gasteiger partial charge on any atom is 0.255 e. The van der Waals surface area contributed by atoms with Gasteiger partial charge in [0.15, 0.2) is 5.58 Å². The molecular weight excluding hydrogens is 385 g/mol. The number of hydrogen-bond acceptors (Lipinski definition) is 4. The number of piperazine rings is 1. The lowest BCUT2D eigenvalue weighted by molar-refractivity contribution is 0.0560. The number of benzene rings is 2. The molecule has 1 saturated heterocycles. The van der Waals surface area contributed by atoms with E-state index in [0.717, 1.165) is 24.2 Å². The Labute approximate surface area is 167 Å². The van der Waals surface area contributed by atoms with Crippen LogP contribution in [0.1, 0.15) is 29.2 Å². The van der Waals surface area contributed by atoms with Gasteiger partial charge in [0.05, 0.1) is 16.6 Å². The molecule has 4 rings (SSSR count). The summed E-state index contributed by atoms with van der Waals surface area (Å²) < 4.78 is 5.89. The molecule has 1 aromatic heterocycles. The highest BCUT2D eigenvalue weighted by atomic mass is 35.5. The van der Waals surface area contributed by atoms with Crippen molar-refractivity contribution in [3.63, 3.8) is 0 Å². The summed E-state index contributed by atoms with van der Waals surface area (Å²) in [4.78, 5) is 21.4. The number of halogens is 2. The molecule has 5 nitrogen and oxygen atoms in total. The van der Waals surface area contributed by atoms with E-state index < -0.39 is 0 Å². The van der Waals surface area contributed by atoms with Crippen LogP contribution in [0, 0.1) is 0 Å². The van der Waals surface area contributed by atoms with E-state index in [9.17, 15) is 4.79 Å². The van der Waals surface area contributed by atoms with Crippen molar-refractivity contribution < 1.29 is 9.21 Å². The third-order valence-electron chi connectivity index (χ3n) is 4.98. The standard InChI is InChI=1S/C20H19Cl2N3O2/c1-13(19-23-17-4-2-3-5-18(17)27-19)24-8-10-25(11-9-24)20(26)15-7-6-14(21)12-16(15)22/h2-7,12-13H,8-11H2,1H3. The van der Waals surface area contributed by atoms with Crippen LogP contribution in [-0.4, -0.2) is 46.9 Å². The molecule has 2 heterocycles. The molecular formula is C20H19Cl2N3O2. The van der Waals surface area contributed by atoms with Crippen LogP contribution in [0.4, 0.5) is 0 Å². The number of para-hydroxylation sites is 2. The van der Waals surface area contributed by atoms with Gasteiger partial charge in [0.2, 0.25) is 5.89 Å². The number of carbonyl (C=O) groups excluding carboxylic acids is 1. The fourth-order valence-electron chi connectivity index (χ4n) is 3.37. The molecule has 0 saturated carbocycles. The number of amides is 1. The van der Waals surface area contributed by atoms with Crippen LogP contribution in [0.2, 0.25) is 10.0 Å². The average molecular weight is 404 g/mol. The maximum atomic E-state index is 12.7. The van der Waals surface area contributed by atoms with Gasteiger partial charge in [0.25, 0.3) is 5.91 Å². The molecule has 1 unspecified atom stereocenters. The number of rotatable bonds is 3. The molecule has 7 heteroatoms. The predicted molar refractivity (Wildman–Crippen MR) is 106 cm³/mol. The summed E-state index contributed by atoms with van der Waals surface area (Å²) >= 11 is 12.1. The zero-order valence-corrected chi connectivity index (χ0v) is 16.4.